The molecule has 0 aromatic heterocycles. The van der Waals surface area contributed by atoms with Crippen molar-refractivity contribution in [3.8, 4) is 0 Å². The first kappa shape index (κ1) is 12.8. The quantitative estimate of drug-likeness (QED) is 0.386. The van der Waals surface area contributed by atoms with Gasteiger partial charge in [-0.05, 0) is 0 Å². The summed E-state index contributed by atoms with van der Waals surface area (Å²) in [5.74, 6) is 0. The molecule has 0 heterocycles. The van der Waals surface area contributed by atoms with E-state index in [1.165, 1.54) is 0 Å². The van der Waals surface area contributed by atoms with Crippen LogP contribution in [-0.4, -0.2) is 22.6 Å². The van der Waals surface area contributed by atoms with Gasteiger partial charge in [-0.25, -0.2) is 0 Å². The first-order valence-electron chi connectivity index (χ1n) is 1.41. The maximum atomic E-state index is 5.06. The van der Waals surface area contributed by atoms with Crippen LogP contribution in [0.1, 0.15) is 0 Å². The Morgan fingerprint density at radius 3 is 2.12 bits per heavy atom. The molecule has 0 bridgehead atoms. The first-order chi connectivity index (χ1) is 3.31. The molecule has 0 fully saturated rings. The van der Waals surface area contributed by atoms with E-state index in [9.17, 15) is 0 Å². The number of halogens is 3. The molecule has 3 radical (unpaired) electrons. The molecular weight excluding hydrogens is 448 g/mol. The van der Waals surface area contributed by atoms with Crippen LogP contribution in [0.5, 0.6) is 0 Å². The summed E-state index contributed by atoms with van der Waals surface area (Å²) in [7, 11) is 3.51. The van der Waals surface area contributed by atoms with Crippen LogP contribution in [-0.2, 0) is 6.13 Å². The fourth-order valence-corrected chi connectivity index (χ4v) is 8.80. The van der Waals surface area contributed by atoms with Gasteiger partial charge in [0.05, 0.1) is 0 Å². The molecule has 0 N–H and O–H groups in total. The second-order valence-electron chi connectivity index (χ2n) is 0.538. The number of hydrogen-bond acceptors (Lipinski definition) is 2. The van der Waals surface area contributed by atoms with Gasteiger partial charge in [-0.3, -0.25) is 0 Å². The van der Waals surface area contributed by atoms with Crippen LogP contribution in [0, 0.1) is 0 Å². The Balaban J connectivity index is 0. The minimum atomic E-state index is -0.968. The summed E-state index contributed by atoms with van der Waals surface area (Å²) < 4.78 is 10.00. The second kappa shape index (κ2) is 9.17. The molecule has 51 valence electrons. The third-order valence-corrected chi connectivity index (χ3v) is 15.6. The van der Waals surface area contributed by atoms with Crippen molar-refractivity contribution in [2.24, 2.45) is 0 Å². The SMILES string of the molecule is CO[I-]I(I)OC.[B]. The van der Waals surface area contributed by atoms with Gasteiger partial charge < -0.3 is 0 Å². The van der Waals surface area contributed by atoms with E-state index in [4.69, 9.17) is 6.13 Å². The van der Waals surface area contributed by atoms with E-state index in [0.717, 1.165) is 0 Å². The summed E-state index contributed by atoms with van der Waals surface area (Å²) in [5, 5.41) is 0. The van der Waals surface area contributed by atoms with E-state index in [1.807, 2.05) is 0 Å². The minimum Gasteiger partial charge on any atom is 0 e. The topological polar surface area (TPSA) is 18.5 Å². The summed E-state index contributed by atoms with van der Waals surface area (Å²) in [6.07, 6.45) is 0. The van der Waals surface area contributed by atoms with Crippen molar-refractivity contribution in [2.75, 3.05) is 14.2 Å². The van der Waals surface area contributed by atoms with Crippen molar-refractivity contribution in [3.05, 3.63) is 0 Å². The number of hydrogen-bond donors (Lipinski definition) is 0. The van der Waals surface area contributed by atoms with Gasteiger partial charge in [-0.15, -0.1) is 0 Å². The molecule has 0 amide bonds. The number of rotatable bonds is 3. The molecular formula is C2H6BI3O2-. The van der Waals surface area contributed by atoms with Crippen LogP contribution in [0.2, 0.25) is 0 Å². The molecule has 0 aromatic rings. The maximum absolute atomic E-state index is 5.06. The molecule has 0 aliphatic carbocycles. The zero-order valence-corrected chi connectivity index (χ0v) is 11.0. The molecule has 6 heteroatoms. The molecule has 0 saturated carbocycles. The molecule has 2 nitrogen and oxygen atoms in total. The van der Waals surface area contributed by atoms with Crippen molar-refractivity contribution in [1.82, 2.24) is 0 Å². The molecule has 0 atom stereocenters. The van der Waals surface area contributed by atoms with E-state index in [1.54, 1.807) is 14.2 Å². The normalized spacial score (nSPS) is 10.6. The van der Waals surface area contributed by atoms with Crippen LogP contribution < -0.4 is 17.6 Å². The Bertz CT molecular complexity index is 46.3. The first-order valence-corrected chi connectivity index (χ1v) is 15.7. The molecule has 0 spiro atoms. The van der Waals surface area contributed by atoms with Crippen LogP contribution in [0.3, 0.4) is 0 Å². The Morgan fingerprint density at radius 1 is 1.50 bits per heavy atom. The molecule has 0 aliphatic heterocycles. The minimum absolute atomic E-state index is 0. The maximum Gasteiger partial charge on any atom is 0 e. The van der Waals surface area contributed by atoms with Gasteiger partial charge in [0, 0.05) is 8.41 Å². The Morgan fingerprint density at radius 2 is 2.00 bits per heavy atom. The summed E-state index contributed by atoms with van der Waals surface area (Å²) >= 11 is 1.38. The zero-order valence-electron chi connectivity index (χ0n) is 4.53. The molecule has 0 aliphatic rings. The van der Waals surface area contributed by atoms with Crippen molar-refractivity contribution in [3.63, 3.8) is 0 Å². The summed E-state index contributed by atoms with van der Waals surface area (Å²) in [4.78, 5) is 0. The molecule has 8 heavy (non-hydrogen) atoms. The predicted octanol–water partition coefficient (Wildman–Crippen LogP) is -1.41. The van der Waals surface area contributed by atoms with Crippen molar-refractivity contribution in [1.29, 1.82) is 0 Å². The van der Waals surface area contributed by atoms with Crippen molar-refractivity contribution in [2.45, 2.75) is 0 Å². The van der Waals surface area contributed by atoms with Gasteiger partial charge >= 0.3 is 68.9 Å². The smallest absolute Gasteiger partial charge is 0 e. The third kappa shape index (κ3) is 8.17. The fraction of sp³-hybridized carbons (Fsp3) is 1.00. The van der Waals surface area contributed by atoms with Crippen LogP contribution >= 0.6 is 30.9 Å². The fourth-order valence-electron chi connectivity index (χ4n) is 0.0697. The predicted molar refractivity (Wildman–Crippen MR) is 47.8 cm³/mol. The Labute approximate surface area is 76.0 Å². The molecule has 0 aromatic carbocycles. The molecule has 0 unspecified atom stereocenters. The second-order valence-corrected chi connectivity index (χ2v) is 26.2. The van der Waals surface area contributed by atoms with E-state index >= 15 is 0 Å². The average molecular weight is 454 g/mol. The summed E-state index contributed by atoms with van der Waals surface area (Å²) in [6, 6.07) is 0. The average Bonchev–Trinajstić information content (AvgIpc) is 1.68. The van der Waals surface area contributed by atoms with E-state index in [-0.39, 0.29) is 26.1 Å². The van der Waals surface area contributed by atoms with E-state index in [0.29, 0.717) is 0 Å². The standard InChI is InChI=1S/C2H6I3O2.B/c1-6-4-5(3)7-2;/h1-2H3;/q-1;. The summed E-state index contributed by atoms with van der Waals surface area (Å²) in [6.45, 7) is 0. The van der Waals surface area contributed by atoms with Gasteiger partial charge in [0.25, 0.3) is 0 Å². The Hall–Kier alpha value is 2.17. The Kier molecular flexibility index (Phi) is 14.7. The van der Waals surface area contributed by atoms with Gasteiger partial charge in [-0.1, -0.05) is 0 Å². The summed E-state index contributed by atoms with van der Waals surface area (Å²) in [5.41, 5.74) is 0. The van der Waals surface area contributed by atoms with Crippen LogP contribution in [0.15, 0.2) is 0 Å². The molecule has 0 saturated heterocycles. The van der Waals surface area contributed by atoms with Crippen molar-refractivity contribution >= 4 is 39.3 Å². The van der Waals surface area contributed by atoms with E-state index < -0.39 is 12.3 Å². The molecule has 0 rings (SSSR count). The largest absolute Gasteiger partial charge is 0 e. The monoisotopic (exact) mass is 454 g/mol. The zero-order chi connectivity index (χ0) is 5.70. The van der Waals surface area contributed by atoms with Crippen LogP contribution in [0.25, 0.3) is 0 Å². The van der Waals surface area contributed by atoms with E-state index in [2.05, 4.69) is 18.6 Å². The third-order valence-electron chi connectivity index (χ3n) is 0.221. The van der Waals surface area contributed by atoms with Gasteiger partial charge in [0.2, 0.25) is 0 Å². The van der Waals surface area contributed by atoms with Gasteiger partial charge in [-0.2, -0.15) is 0 Å². The van der Waals surface area contributed by atoms with Gasteiger partial charge in [0.15, 0.2) is 0 Å². The van der Waals surface area contributed by atoms with Crippen LogP contribution in [0.4, 0.5) is 0 Å². The van der Waals surface area contributed by atoms with Crippen molar-refractivity contribution < 1.29 is 23.8 Å². The van der Waals surface area contributed by atoms with Gasteiger partial charge in [0.1, 0.15) is 0 Å².